The number of nitrogens with one attached hydrogen (secondary N) is 1. The van der Waals surface area contributed by atoms with Gasteiger partial charge in [-0.2, -0.15) is 0 Å². The van der Waals surface area contributed by atoms with E-state index in [9.17, 15) is 18.0 Å². The molecule has 0 spiro atoms. The molecule has 0 saturated heterocycles. The highest BCUT2D eigenvalue weighted by Gasteiger charge is 2.38. The highest BCUT2D eigenvalue weighted by Crippen LogP contribution is 2.38. The Morgan fingerprint density at radius 3 is 2.41 bits per heavy atom. The van der Waals surface area contributed by atoms with Crippen LogP contribution in [0.1, 0.15) is 56.8 Å². The largest absolute Gasteiger partial charge is 0.444 e. The summed E-state index contributed by atoms with van der Waals surface area (Å²) in [7, 11) is -3.44. The number of nitrogens with zero attached hydrogens (tertiary/aromatic N) is 1. The Kier molecular flexibility index (Phi) is 8.66. The van der Waals surface area contributed by atoms with Crippen molar-refractivity contribution < 1.29 is 27.5 Å². The van der Waals surface area contributed by atoms with Gasteiger partial charge in [-0.25, -0.2) is 13.2 Å². The van der Waals surface area contributed by atoms with E-state index in [1.165, 1.54) is 11.0 Å². The number of carbonyl (C=O) groups excluding carboxylic acids is 2. The van der Waals surface area contributed by atoms with E-state index in [0.717, 1.165) is 5.57 Å². The smallest absolute Gasteiger partial charge is 0.411 e. The number of hydrogen-bond donors (Lipinski definition) is 1. The lowest BCUT2D eigenvalue weighted by Crippen LogP contribution is -2.47. The van der Waals surface area contributed by atoms with Gasteiger partial charge in [-0.3, -0.25) is 9.69 Å². The molecule has 2 heterocycles. The molecule has 1 N–H and O–H groups in total. The van der Waals surface area contributed by atoms with E-state index in [1.54, 1.807) is 52.0 Å². The van der Waals surface area contributed by atoms with Gasteiger partial charge in [0.05, 0.1) is 33.9 Å². The van der Waals surface area contributed by atoms with Crippen LogP contribution in [-0.4, -0.2) is 56.4 Å². The number of rotatable bonds is 5. The van der Waals surface area contributed by atoms with E-state index in [2.05, 4.69) is 5.32 Å². The molecule has 2 aliphatic heterocycles. The van der Waals surface area contributed by atoms with Crippen LogP contribution in [0.2, 0.25) is 10.0 Å². The molecular weight excluding hydrogens is 563 g/mol. The Morgan fingerprint density at radius 1 is 1.13 bits per heavy atom. The Labute approximate surface area is 239 Å². The van der Waals surface area contributed by atoms with E-state index in [4.69, 9.17) is 32.7 Å². The number of benzene rings is 2. The number of amides is 2. The molecule has 2 aromatic carbocycles. The lowest BCUT2D eigenvalue weighted by Gasteiger charge is -2.37. The lowest BCUT2D eigenvalue weighted by molar-refractivity contribution is -0.121. The molecule has 0 fully saturated rings. The third-order valence-electron chi connectivity index (χ3n) is 6.55. The molecule has 8 nitrogen and oxygen atoms in total. The Morgan fingerprint density at radius 2 is 1.82 bits per heavy atom. The normalized spacial score (nSPS) is 17.7. The van der Waals surface area contributed by atoms with E-state index in [-0.39, 0.29) is 17.2 Å². The maximum absolute atomic E-state index is 13.8. The molecule has 0 aromatic heterocycles. The van der Waals surface area contributed by atoms with Crippen LogP contribution in [0, 0.1) is 0 Å². The third kappa shape index (κ3) is 6.60. The second-order valence-corrected chi connectivity index (χ2v) is 13.5. The van der Waals surface area contributed by atoms with E-state index < -0.39 is 33.5 Å². The second kappa shape index (κ2) is 11.5. The molecule has 11 heteroatoms. The van der Waals surface area contributed by atoms with Gasteiger partial charge in [-0.15, -0.1) is 0 Å². The van der Waals surface area contributed by atoms with Gasteiger partial charge in [0.25, 0.3) is 5.91 Å². The van der Waals surface area contributed by atoms with Crippen molar-refractivity contribution in [2.45, 2.75) is 57.1 Å². The summed E-state index contributed by atoms with van der Waals surface area (Å²) < 4.78 is 35.9. The van der Waals surface area contributed by atoms with Gasteiger partial charge in [-0.1, -0.05) is 42.3 Å². The topological polar surface area (TPSA) is 102 Å². The Hall–Kier alpha value is -2.59. The maximum atomic E-state index is 13.8. The first-order valence-electron chi connectivity index (χ1n) is 12.7. The van der Waals surface area contributed by atoms with Crippen LogP contribution in [-0.2, 0) is 30.5 Å². The SMILES string of the molecule is CCS(=O)(=O)c1ccc2c(c1)CCN(C(=O)OC(C)(C)C)C2C(=O)Nc1cc(Cl)c(C2=CCOCC2)c(Cl)c1. The minimum absolute atomic E-state index is 0.0405. The van der Waals surface area contributed by atoms with Crippen molar-refractivity contribution in [3.8, 4) is 0 Å². The predicted molar refractivity (Wildman–Crippen MR) is 152 cm³/mol. The van der Waals surface area contributed by atoms with Crippen LogP contribution in [0.25, 0.3) is 5.57 Å². The molecule has 2 aliphatic rings. The van der Waals surface area contributed by atoms with Gasteiger partial charge in [-0.05, 0) is 74.6 Å². The number of anilines is 1. The molecule has 0 bridgehead atoms. The Bertz CT molecular complexity index is 1410. The Balaban J connectivity index is 1.70. The number of carbonyl (C=O) groups is 2. The predicted octanol–water partition coefficient (Wildman–Crippen LogP) is 6.06. The lowest BCUT2D eigenvalue weighted by atomic mass is 9.92. The van der Waals surface area contributed by atoms with Crippen molar-refractivity contribution in [1.29, 1.82) is 0 Å². The van der Waals surface area contributed by atoms with Gasteiger partial charge >= 0.3 is 6.09 Å². The number of hydrogen-bond acceptors (Lipinski definition) is 6. The van der Waals surface area contributed by atoms with Crippen molar-refractivity contribution in [3.05, 3.63) is 63.1 Å². The second-order valence-electron chi connectivity index (χ2n) is 10.4. The summed E-state index contributed by atoms with van der Waals surface area (Å²) in [5, 5.41) is 3.61. The zero-order chi connectivity index (χ0) is 28.5. The molecule has 39 heavy (non-hydrogen) atoms. The van der Waals surface area contributed by atoms with Crippen molar-refractivity contribution in [3.63, 3.8) is 0 Å². The van der Waals surface area contributed by atoms with E-state index in [1.807, 2.05) is 6.08 Å². The minimum Gasteiger partial charge on any atom is -0.444 e. The summed E-state index contributed by atoms with van der Waals surface area (Å²) >= 11 is 13.2. The van der Waals surface area contributed by atoms with Crippen LogP contribution < -0.4 is 5.32 Å². The quantitative estimate of drug-likeness (QED) is 0.451. The first kappa shape index (κ1) is 29.4. The molecule has 1 atom stereocenters. The molecule has 2 aromatic rings. The van der Waals surface area contributed by atoms with Gasteiger partial charge < -0.3 is 14.8 Å². The highest BCUT2D eigenvalue weighted by molar-refractivity contribution is 7.91. The van der Waals surface area contributed by atoms with Crippen LogP contribution in [0.3, 0.4) is 0 Å². The molecule has 2 amide bonds. The fourth-order valence-corrected chi connectivity index (χ4v) is 6.34. The minimum atomic E-state index is -3.44. The summed E-state index contributed by atoms with van der Waals surface area (Å²) in [6.07, 6.45) is 2.33. The van der Waals surface area contributed by atoms with Crippen molar-refractivity contribution in [2.24, 2.45) is 0 Å². The summed E-state index contributed by atoms with van der Waals surface area (Å²) in [6, 6.07) is 6.84. The van der Waals surface area contributed by atoms with Gasteiger partial charge in [0.15, 0.2) is 9.84 Å². The monoisotopic (exact) mass is 594 g/mol. The number of sulfone groups is 1. The van der Waals surface area contributed by atoms with Gasteiger partial charge in [0.2, 0.25) is 0 Å². The first-order valence-corrected chi connectivity index (χ1v) is 15.1. The summed E-state index contributed by atoms with van der Waals surface area (Å²) in [6.45, 7) is 8.04. The van der Waals surface area contributed by atoms with Crippen LogP contribution in [0.15, 0.2) is 41.3 Å². The molecule has 0 saturated carbocycles. The van der Waals surface area contributed by atoms with E-state index in [0.29, 0.717) is 58.5 Å². The van der Waals surface area contributed by atoms with Crippen LogP contribution in [0.4, 0.5) is 10.5 Å². The van der Waals surface area contributed by atoms with Crippen LogP contribution in [0.5, 0.6) is 0 Å². The first-order chi connectivity index (χ1) is 18.3. The molecular formula is C28H32Cl2N2O6S. The average molecular weight is 596 g/mol. The van der Waals surface area contributed by atoms with Gasteiger partial charge in [0.1, 0.15) is 11.6 Å². The number of halogens is 2. The molecule has 210 valence electrons. The average Bonchev–Trinajstić information content (AvgIpc) is 2.86. The third-order valence-corrected chi connectivity index (χ3v) is 8.88. The summed E-state index contributed by atoms with van der Waals surface area (Å²) in [5.41, 5.74) is 2.48. The van der Waals surface area contributed by atoms with Gasteiger partial charge in [0, 0.05) is 17.8 Å². The zero-order valence-corrected chi connectivity index (χ0v) is 24.7. The maximum Gasteiger partial charge on any atom is 0.411 e. The zero-order valence-electron chi connectivity index (χ0n) is 22.3. The van der Waals surface area contributed by atoms with E-state index >= 15 is 0 Å². The molecule has 0 radical (unpaired) electrons. The highest BCUT2D eigenvalue weighted by atomic mass is 35.5. The van der Waals surface area contributed by atoms with Crippen LogP contribution >= 0.6 is 23.2 Å². The number of fused-ring (bicyclic) bond motifs is 1. The summed E-state index contributed by atoms with van der Waals surface area (Å²) in [4.78, 5) is 28.5. The molecule has 4 rings (SSSR count). The molecule has 1 unspecified atom stereocenters. The van der Waals surface area contributed by atoms with Crippen molar-refractivity contribution >= 4 is 56.3 Å². The van der Waals surface area contributed by atoms with Crippen molar-refractivity contribution in [2.75, 3.05) is 30.8 Å². The molecule has 0 aliphatic carbocycles. The van der Waals surface area contributed by atoms with Crippen molar-refractivity contribution in [1.82, 2.24) is 4.90 Å². The number of ether oxygens (including phenoxy) is 2. The summed E-state index contributed by atoms with van der Waals surface area (Å²) in [5.74, 6) is -0.542. The fourth-order valence-electron chi connectivity index (χ4n) is 4.68. The fraction of sp³-hybridized carbons (Fsp3) is 0.429. The standard InChI is InChI=1S/C28H32Cl2N2O6S/c1-5-39(35,36)20-6-7-21-18(14-20)8-11-32(27(34)38-28(2,3)4)25(21)26(33)31-19-15-22(29)24(23(30)16-19)17-9-12-37-13-10-17/h6-7,9,14-16,25H,5,8,10-13H2,1-4H3,(H,31,33).